The maximum atomic E-state index is 2.64. The van der Waals surface area contributed by atoms with E-state index in [1.54, 1.807) is 27.8 Å². The van der Waals surface area contributed by atoms with Crippen molar-refractivity contribution in [1.29, 1.82) is 0 Å². The van der Waals surface area contributed by atoms with E-state index in [1.807, 2.05) is 0 Å². The van der Waals surface area contributed by atoms with Gasteiger partial charge in [-0.2, -0.15) is 0 Å². The van der Waals surface area contributed by atoms with E-state index in [9.17, 15) is 0 Å². The molecular weight excluding hydrogens is 376 g/mol. The SMILES string of the molecule is CCCc1ccc(C)c2c1C=C(C)C2[Si](C)(C)C1c2ccccc2-c2ccccc21. The molecular formula is C29H32Si. The van der Waals surface area contributed by atoms with E-state index in [0.29, 0.717) is 11.1 Å². The molecule has 5 rings (SSSR count). The average molecular weight is 409 g/mol. The molecule has 1 unspecified atom stereocenters. The van der Waals surface area contributed by atoms with Gasteiger partial charge in [-0.3, -0.25) is 0 Å². The molecule has 0 heterocycles. The summed E-state index contributed by atoms with van der Waals surface area (Å²) in [5.74, 6) is 0. The number of hydrogen-bond donors (Lipinski definition) is 0. The number of rotatable bonds is 4. The van der Waals surface area contributed by atoms with Crippen LogP contribution >= 0.6 is 0 Å². The van der Waals surface area contributed by atoms with Gasteiger partial charge < -0.3 is 0 Å². The van der Waals surface area contributed by atoms with Crippen LogP contribution in [0.2, 0.25) is 13.1 Å². The van der Waals surface area contributed by atoms with E-state index >= 15 is 0 Å². The van der Waals surface area contributed by atoms with Crippen molar-refractivity contribution in [3.05, 3.63) is 99.6 Å². The lowest BCUT2D eigenvalue weighted by atomic mass is 9.96. The van der Waals surface area contributed by atoms with E-state index in [2.05, 4.69) is 101 Å². The van der Waals surface area contributed by atoms with Gasteiger partial charge in [-0.25, -0.2) is 0 Å². The van der Waals surface area contributed by atoms with Crippen molar-refractivity contribution >= 4 is 14.1 Å². The van der Waals surface area contributed by atoms with Crippen molar-refractivity contribution in [2.24, 2.45) is 0 Å². The third-order valence-electron chi connectivity index (χ3n) is 7.55. The van der Waals surface area contributed by atoms with Crippen LogP contribution in [0.3, 0.4) is 0 Å². The van der Waals surface area contributed by atoms with Crippen LogP contribution in [0.15, 0.2) is 66.2 Å². The Morgan fingerprint density at radius 2 is 1.37 bits per heavy atom. The molecule has 2 aliphatic carbocycles. The monoisotopic (exact) mass is 408 g/mol. The van der Waals surface area contributed by atoms with Crippen molar-refractivity contribution in [3.8, 4) is 11.1 Å². The summed E-state index contributed by atoms with van der Waals surface area (Å²) >= 11 is 0. The minimum Gasteiger partial charge on any atom is -0.0679 e. The first-order chi connectivity index (χ1) is 14.4. The smallest absolute Gasteiger partial charge is 0.0679 e. The molecule has 0 spiro atoms. The Kier molecular flexibility index (Phi) is 4.63. The second kappa shape index (κ2) is 7.09. The molecule has 0 radical (unpaired) electrons. The zero-order chi connectivity index (χ0) is 21.0. The number of hydrogen-bond acceptors (Lipinski definition) is 0. The van der Waals surface area contributed by atoms with Crippen LogP contribution in [0.4, 0.5) is 0 Å². The number of allylic oxidation sites excluding steroid dienone is 1. The molecule has 0 aromatic heterocycles. The molecule has 1 atom stereocenters. The van der Waals surface area contributed by atoms with E-state index in [1.165, 1.54) is 35.1 Å². The number of fused-ring (bicyclic) bond motifs is 4. The van der Waals surface area contributed by atoms with Crippen molar-refractivity contribution < 1.29 is 0 Å². The first-order valence-electron chi connectivity index (χ1n) is 11.4. The van der Waals surface area contributed by atoms with Crippen molar-refractivity contribution in [1.82, 2.24) is 0 Å². The van der Waals surface area contributed by atoms with Crippen LogP contribution in [-0.4, -0.2) is 8.07 Å². The summed E-state index contributed by atoms with van der Waals surface area (Å²) < 4.78 is 0. The summed E-state index contributed by atoms with van der Waals surface area (Å²) in [5, 5.41) is 0. The predicted molar refractivity (Wildman–Crippen MR) is 133 cm³/mol. The van der Waals surface area contributed by atoms with Crippen LogP contribution in [0, 0.1) is 6.92 Å². The molecule has 0 aliphatic heterocycles. The van der Waals surface area contributed by atoms with Crippen molar-refractivity contribution in [3.63, 3.8) is 0 Å². The molecule has 3 aromatic rings. The highest BCUT2D eigenvalue weighted by Gasteiger charge is 2.48. The Morgan fingerprint density at radius 3 is 1.97 bits per heavy atom. The van der Waals surface area contributed by atoms with Crippen molar-refractivity contribution in [2.45, 2.75) is 57.8 Å². The molecule has 0 bridgehead atoms. The Bertz CT molecular complexity index is 1120. The van der Waals surface area contributed by atoms with E-state index in [0.717, 1.165) is 0 Å². The third kappa shape index (κ3) is 2.71. The standard InChI is InChI=1S/C29H32Si/c1-6-11-21-17-16-19(2)27-26(21)18-20(3)28(27)30(4,5)29-24-14-9-7-12-22(24)23-13-8-10-15-25(23)29/h7-10,12-18,28-29H,6,11H2,1-5H3. The lowest BCUT2D eigenvalue weighted by molar-refractivity contribution is 0.911. The second-order valence-electron chi connectivity index (χ2n) is 9.87. The molecule has 0 fully saturated rings. The first-order valence-corrected chi connectivity index (χ1v) is 14.6. The summed E-state index contributed by atoms with van der Waals surface area (Å²) in [5.41, 5.74) is 14.9. The lowest BCUT2D eigenvalue weighted by Gasteiger charge is -2.39. The fourth-order valence-corrected chi connectivity index (χ4v) is 11.3. The molecule has 0 saturated carbocycles. The molecule has 0 amide bonds. The van der Waals surface area contributed by atoms with Crippen LogP contribution in [0.5, 0.6) is 0 Å². The molecule has 152 valence electrons. The van der Waals surface area contributed by atoms with Gasteiger partial charge in [-0.05, 0) is 64.8 Å². The fraction of sp³-hybridized carbons (Fsp3) is 0.310. The Labute approximate surface area is 182 Å². The maximum absolute atomic E-state index is 2.64. The average Bonchev–Trinajstić information content (AvgIpc) is 3.27. The summed E-state index contributed by atoms with van der Waals surface area (Å²) in [6.07, 6.45) is 4.91. The molecule has 3 aromatic carbocycles. The highest BCUT2D eigenvalue weighted by molar-refractivity contribution is 6.82. The zero-order valence-corrected chi connectivity index (χ0v) is 19.9. The summed E-state index contributed by atoms with van der Waals surface area (Å²) in [4.78, 5) is 0. The Balaban J connectivity index is 1.70. The quantitative estimate of drug-likeness (QED) is 0.383. The highest BCUT2D eigenvalue weighted by Crippen LogP contribution is 2.55. The normalized spacial score (nSPS) is 17.5. The molecule has 2 aliphatic rings. The van der Waals surface area contributed by atoms with Crippen molar-refractivity contribution in [2.75, 3.05) is 0 Å². The highest BCUT2D eigenvalue weighted by atomic mass is 28.3. The summed E-state index contributed by atoms with van der Waals surface area (Å²) in [6, 6.07) is 23.1. The van der Waals surface area contributed by atoms with Gasteiger partial charge in [-0.1, -0.05) is 98.8 Å². The Hall–Kier alpha value is -2.38. The zero-order valence-electron chi connectivity index (χ0n) is 18.9. The third-order valence-corrected chi connectivity index (χ3v) is 11.9. The molecule has 30 heavy (non-hydrogen) atoms. The van der Waals surface area contributed by atoms with Gasteiger partial charge in [0, 0.05) is 11.1 Å². The lowest BCUT2D eigenvalue weighted by Crippen LogP contribution is -2.42. The van der Waals surface area contributed by atoms with Crippen LogP contribution in [-0.2, 0) is 6.42 Å². The van der Waals surface area contributed by atoms with Crippen LogP contribution < -0.4 is 0 Å². The minimum atomic E-state index is -1.80. The van der Waals surface area contributed by atoms with Gasteiger partial charge in [0.05, 0.1) is 8.07 Å². The molecule has 0 saturated heterocycles. The van der Waals surface area contributed by atoms with Gasteiger partial charge in [0.25, 0.3) is 0 Å². The van der Waals surface area contributed by atoms with Gasteiger partial charge in [0.15, 0.2) is 0 Å². The van der Waals surface area contributed by atoms with Crippen LogP contribution in [0.25, 0.3) is 17.2 Å². The topological polar surface area (TPSA) is 0 Å². The maximum Gasteiger partial charge on any atom is 0.0726 e. The predicted octanol–water partition coefficient (Wildman–Crippen LogP) is 8.05. The summed E-state index contributed by atoms with van der Waals surface area (Å²) in [6.45, 7) is 12.3. The Morgan fingerprint density at radius 1 is 0.767 bits per heavy atom. The summed E-state index contributed by atoms with van der Waals surface area (Å²) in [7, 11) is -1.80. The molecule has 0 nitrogen and oxygen atoms in total. The van der Waals surface area contributed by atoms with E-state index < -0.39 is 8.07 Å². The van der Waals surface area contributed by atoms with Crippen LogP contribution in [0.1, 0.15) is 64.7 Å². The van der Waals surface area contributed by atoms with Gasteiger partial charge >= 0.3 is 0 Å². The van der Waals surface area contributed by atoms with Gasteiger partial charge in [0.1, 0.15) is 0 Å². The first kappa shape index (κ1) is 19.6. The van der Waals surface area contributed by atoms with E-state index in [4.69, 9.17) is 0 Å². The number of benzene rings is 3. The van der Waals surface area contributed by atoms with Gasteiger partial charge in [-0.15, -0.1) is 0 Å². The number of aryl methyl sites for hydroxylation is 2. The largest absolute Gasteiger partial charge is 0.0726 e. The van der Waals surface area contributed by atoms with E-state index in [-0.39, 0.29) is 0 Å². The second-order valence-corrected chi connectivity index (χ2v) is 14.7. The molecule has 1 heteroatoms. The fourth-order valence-electron chi connectivity index (χ4n) is 6.45. The minimum absolute atomic E-state index is 0.540. The molecule has 0 N–H and O–H groups in total. The van der Waals surface area contributed by atoms with Gasteiger partial charge in [0.2, 0.25) is 0 Å².